The second kappa shape index (κ2) is 4.06. The zero-order chi connectivity index (χ0) is 10.1. The van der Waals surface area contributed by atoms with Crippen LogP contribution in [0.4, 0.5) is 0 Å². The highest BCUT2D eigenvalue weighted by Crippen LogP contribution is 2.16. The first-order valence-corrected chi connectivity index (χ1v) is 7.92. The van der Waals surface area contributed by atoms with Gasteiger partial charge >= 0.3 is 0 Å². The van der Waals surface area contributed by atoms with Crippen LogP contribution in [-0.4, -0.2) is 50.1 Å². The van der Waals surface area contributed by atoms with E-state index in [1.807, 2.05) is 0 Å². The number of ether oxygens (including phenoxy) is 1. The van der Waals surface area contributed by atoms with Gasteiger partial charge in [0.25, 0.3) is 0 Å². The highest BCUT2D eigenvalue weighted by Gasteiger charge is 2.35. The third-order valence-electron chi connectivity index (χ3n) is 1.94. The van der Waals surface area contributed by atoms with Crippen molar-refractivity contribution in [3.63, 3.8) is 0 Å². The summed E-state index contributed by atoms with van der Waals surface area (Å²) >= 11 is 0. The summed E-state index contributed by atoms with van der Waals surface area (Å²) in [5, 5.41) is 18.6. The van der Waals surface area contributed by atoms with Gasteiger partial charge in [-0.25, -0.2) is 0 Å². The zero-order valence-corrected chi connectivity index (χ0v) is 9.36. The summed E-state index contributed by atoms with van der Waals surface area (Å²) in [6.07, 6.45) is -1.91. The summed E-state index contributed by atoms with van der Waals surface area (Å²) < 4.78 is 10.7. The van der Waals surface area contributed by atoms with Gasteiger partial charge in [0.1, 0.15) is 18.3 Å². The molecular weight excluding hydrogens is 188 g/mol. The predicted molar refractivity (Wildman–Crippen MR) is 51.1 cm³/mol. The van der Waals surface area contributed by atoms with Gasteiger partial charge in [0.2, 0.25) is 0 Å². The molecule has 1 aliphatic rings. The van der Waals surface area contributed by atoms with Crippen LogP contribution in [0, 0.1) is 0 Å². The lowest BCUT2D eigenvalue weighted by Crippen LogP contribution is -2.37. The quantitative estimate of drug-likeness (QED) is 0.636. The molecule has 1 aliphatic heterocycles. The van der Waals surface area contributed by atoms with Gasteiger partial charge in [0.15, 0.2) is 8.32 Å². The molecule has 4 nitrogen and oxygen atoms in total. The molecule has 0 bridgehead atoms. The van der Waals surface area contributed by atoms with Crippen LogP contribution < -0.4 is 0 Å². The fourth-order valence-electron chi connectivity index (χ4n) is 1.15. The van der Waals surface area contributed by atoms with Gasteiger partial charge in [0.05, 0.1) is 13.2 Å². The van der Waals surface area contributed by atoms with Crippen LogP contribution in [-0.2, 0) is 9.16 Å². The van der Waals surface area contributed by atoms with E-state index in [4.69, 9.17) is 9.16 Å². The summed E-state index contributed by atoms with van der Waals surface area (Å²) in [7, 11) is -1.55. The minimum absolute atomic E-state index is 0.209. The van der Waals surface area contributed by atoms with Crippen LogP contribution >= 0.6 is 0 Å². The van der Waals surface area contributed by atoms with Gasteiger partial charge in [0, 0.05) is 0 Å². The lowest BCUT2D eigenvalue weighted by molar-refractivity contribution is -0.00172. The number of hydrogen-bond donors (Lipinski definition) is 2. The largest absolute Gasteiger partial charge is 0.415 e. The SMILES string of the molecule is C[Si](C)(C)OCC1OCC(O)C1O. The van der Waals surface area contributed by atoms with E-state index in [1.165, 1.54) is 0 Å². The third kappa shape index (κ3) is 3.36. The normalized spacial score (nSPS) is 35.3. The summed E-state index contributed by atoms with van der Waals surface area (Å²) in [5.74, 6) is 0. The Bertz CT molecular complexity index is 168. The van der Waals surface area contributed by atoms with Crippen molar-refractivity contribution in [3.8, 4) is 0 Å². The van der Waals surface area contributed by atoms with E-state index in [-0.39, 0.29) is 12.7 Å². The second-order valence-corrected chi connectivity index (χ2v) is 8.87. The number of rotatable bonds is 3. The summed E-state index contributed by atoms with van der Waals surface area (Å²) in [6, 6.07) is 0. The first kappa shape index (κ1) is 11.1. The van der Waals surface area contributed by atoms with Crippen molar-refractivity contribution in [2.45, 2.75) is 38.0 Å². The first-order valence-electron chi connectivity index (χ1n) is 4.52. The third-order valence-corrected chi connectivity index (χ3v) is 2.97. The fraction of sp³-hybridized carbons (Fsp3) is 1.00. The van der Waals surface area contributed by atoms with Crippen LogP contribution in [0.15, 0.2) is 0 Å². The van der Waals surface area contributed by atoms with E-state index in [0.29, 0.717) is 6.61 Å². The molecular formula is C8H18O4Si. The highest BCUT2D eigenvalue weighted by atomic mass is 28.4. The standard InChI is InChI=1S/C8H18O4Si/c1-13(2,3)12-5-7-8(10)6(9)4-11-7/h6-10H,4-5H2,1-3H3. The molecule has 0 aromatic rings. The van der Waals surface area contributed by atoms with Gasteiger partial charge < -0.3 is 19.4 Å². The van der Waals surface area contributed by atoms with Gasteiger partial charge in [-0.2, -0.15) is 0 Å². The van der Waals surface area contributed by atoms with E-state index >= 15 is 0 Å². The zero-order valence-electron chi connectivity index (χ0n) is 8.36. The van der Waals surface area contributed by atoms with E-state index in [0.717, 1.165) is 0 Å². The molecule has 3 unspecified atom stereocenters. The van der Waals surface area contributed by atoms with Crippen molar-refractivity contribution >= 4 is 8.32 Å². The minimum Gasteiger partial charge on any atom is -0.415 e. The fourth-order valence-corrected chi connectivity index (χ4v) is 1.81. The Hall–Kier alpha value is 0.0569. The minimum atomic E-state index is -1.55. The molecule has 1 rings (SSSR count). The van der Waals surface area contributed by atoms with Crippen LogP contribution in [0.1, 0.15) is 0 Å². The molecule has 2 N–H and O–H groups in total. The predicted octanol–water partition coefficient (Wildman–Crippen LogP) is -0.0415. The maximum atomic E-state index is 9.41. The molecule has 1 heterocycles. The Morgan fingerprint density at radius 1 is 1.38 bits per heavy atom. The average Bonchev–Trinajstić information content (AvgIpc) is 2.29. The van der Waals surface area contributed by atoms with Gasteiger partial charge in [-0.05, 0) is 19.6 Å². The Labute approximate surface area is 79.6 Å². The molecule has 0 spiro atoms. The van der Waals surface area contributed by atoms with Gasteiger partial charge in [-0.1, -0.05) is 0 Å². The van der Waals surface area contributed by atoms with Crippen molar-refractivity contribution in [2.75, 3.05) is 13.2 Å². The van der Waals surface area contributed by atoms with Gasteiger partial charge in [-0.15, -0.1) is 0 Å². The molecule has 0 radical (unpaired) electrons. The number of hydrogen-bond acceptors (Lipinski definition) is 4. The lowest BCUT2D eigenvalue weighted by atomic mass is 10.2. The summed E-state index contributed by atoms with van der Waals surface area (Å²) in [5.41, 5.74) is 0. The molecule has 1 fully saturated rings. The Morgan fingerprint density at radius 3 is 2.38 bits per heavy atom. The maximum Gasteiger partial charge on any atom is 0.183 e. The lowest BCUT2D eigenvalue weighted by Gasteiger charge is -2.21. The topological polar surface area (TPSA) is 58.9 Å². The van der Waals surface area contributed by atoms with Crippen molar-refractivity contribution < 1.29 is 19.4 Å². The van der Waals surface area contributed by atoms with Crippen LogP contribution in [0.5, 0.6) is 0 Å². The molecule has 0 aromatic heterocycles. The Balaban J connectivity index is 2.30. The Morgan fingerprint density at radius 2 is 2.00 bits per heavy atom. The van der Waals surface area contributed by atoms with Crippen molar-refractivity contribution in [1.29, 1.82) is 0 Å². The smallest absolute Gasteiger partial charge is 0.183 e. The highest BCUT2D eigenvalue weighted by molar-refractivity contribution is 6.69. The number of aliphatic hydroxyl groups is 2. The van der Waals surface area contributed by atoms with Crippen LogP contribution in [0.3, 0.4) is 0 Å². The van der Waals surface area contributed by atoms with E-state index in [2.05, 4.69) is 19.6 Å². The molecule has 0 aromatic carbocycles. The van der Waals surface area contributed by atoms with Crippen LogP contribution in [0.25, 0.3) is 0 Å². The first-order chi connectivity index (χ1) is 5.90. The monoisotopic (exact) mass is 206 g/mol. The molecule has 5 heteroatoms. The molecule has 13 heavy (non-hydrogen) atoms. The van der Waals surface area contributed by atoms with Crippen LogP contribution in [0.2, 0.25) is 19.6 Å². The summed E-state index contributed by atoms with van der Waals surface area (Å²) in [6.45, 7) is 6.81. The van der Waals surface area contributed by atoms with Gasteiger partial charge in [-0.3, -0.25) is 0 Å². The maximum absolute atomic E-state index is 9.41. The molecule has 0 aliphatic carbocycles. The second-order valence-electron chi connectivity index (χ2n) is 4.35. The van der Waals surface area contributed by atoms with Crippen molar-refractivity contribution in [2.24, 2.45) is 0 Å². The Kier molecular flexibility index (Phi) is 3.48. The molecule has 0 saturated carbocycles. The molecule has 1 saturated heterocycles. The molecule has 0 amide bonds. The average molecular weight is 206 g/mol. The van der Waals surface area contributed by atoms with E-state index < -0.39 is 20.5 Å². The molecule has 3 atom stereocenters. The van der Waals surface area contributed by atoms with E-state index in [9.17, 15) is 10.2 Å². The van der Waals surface area contributed by atoms with Crippen molar-refractivity contribution in [3.05, 3.63) is 0 Å². The van der Waals surface area contributed by atoms with E-state index in [1.54, 1.807) is 0 Å². The number of aliphatic hydroxyl groups excluding tert-OH is 2. The molecule has 78 valence electrons. The summed E-state index contributed by atoms with van der Waals surface area (Å²) in [4.78, 5) is 0. The van der Waals surface area contributed by atoms with Crippen molar-refractivity contribution in [1.82, 2.24) is 0 Å².